The van der Waals surface area contributed by atoms with E-state index in [1.54, 1.807) is 24.3 Å². The van der Waals surface area contributed by atoms with Gasteiger partial charge in [-0.3, -0.25) is 0 Å². The molecule has 1 aromatic carbocycles. The smallest absolute Gasteiger partial charge is 0.189 e. The number of benzene rings is 1. The molecule has 1 aromatic heterocycles. The lowest BCUT2D eigenvalue weighted by atomic mass is 10.1. The molecule has 2 aromatic rings. The van der Waals surface area contributed by atoms with E-state index < -0.39 is 9.84 Å². The van der Waals surface area contributed by atoms with Crippen LogP contribution in [0.5, 0.6) is 0 Å². The van der Waals surface area contributed by atoms with Gasteiger partial charge >= 0.3 is 0 Å². The van der Waals surface area contributed by atoms with Crippen LogP contribution < -0.4 is 0 Å². The van der Waals surface area contributed by atoms with Gasteiger partial charge in [-0.1, -0.05) is 29.8 Å². The van der Waals surface area contributed by atoms with Crippen molar-refractivity contribution in [2.24, 2.45) is 0 Å². The van der Waals surface area contributed by atoms with Crippen molar-refractivity contribution in [2.75, 3.05) is 0 Å². The summed E-state index contributed by atoms with van der Waals surface area (Å²) in [6, 6.07) is 6.87. The highest BCUT2D eigenvalue weighted by molar-refractivity contribution is 7.89. The summed E-state index contributed by atoms with van der Waals surface area (Å²) >= 11 is 5.99. The highest BCUT2D eigenvalue weighted by Gasteiger charge is 2.21. The molecule has 0 aliphatic rings. The molecule has 0 bridgehead atoms. The fourth-order valence-electron chi connectivity index (χ4n) is 1.69. The van der Waals surface area contributed by atoms with Crippen molar-refractivity contribution in [1.82, 2.24) is 20.2 Å². The van der Waals surface area contributed by atoms with Gasteiger partial charge in [0.2, 0.25) is 0 Å². The van der Waals surface area contributed by atoms with Gasteiger partial charge in [0.15, 0.2) is 15.7 Å². The minimum absolute atomic E-state index is 0.142. The van der Waals surface area contributed by atoms with Crippen molar-refractivity contribution in [3.8, 4) is 0 Å². The Morgan fingerprint density at radius 3 is 2.43 bits per heavy atom. The van der Waals surface area contributed by atoms with Crippen molar-refractivity contribution in [3.63, 3.8) is 0 Å². The number of hydrogen-bond donors (Lipinski definition) is 0. The van der Waals surface area contributed by atoms with Gasteiger partial charge in [-0.15, -0.1) is 10.2 Å². The van der Waals surface area contributed by atoms with Crippen molar-refractivity contribution in [3.05, 3.63) is 40.7 Å². The predicted octanol–water partition coefficient (Wildman–Crippen LogP) is 2.20. The molecule has 1 heterocycles. The number of hydrogen-bond acceptors (Lipinski definition) is 5. The van der Waals surface area contributed by atoms with E-state index in [9.17, 15) is 8.42 Å². The second-order valence-corrected chi connectivity index (χ2v) is 8.26. The standard InChI is InChI=1S/C13H17ClN4O2S/c1-13(2,3)18-16-12(15-17-18)9-21(19,20)8-10-6-4-5-7-11(10)14/h4-7H,8-9H2,1-3H3. The zero-order chi connectivity index (χ0) is 15.7. The van der Waals surface area contributed by atoms with E-state index in [1.807, 2.05) is 20.8 Å². The molecule has 0 aliphatic carbocycles. The highest BCUT2D eigenvalue weighted by Crippen LogP contribution is 2.19. The Morgan fingerprint density at radius 1 is 1.19 bits per heavy atom. The summed E-state index contributed by atoms with van der Waals surface area (Å²) in [6.45, 7) is 5.74. The molecule has 2 rings (SSSR count). The van der Waals surface area contributed by atoms with Gasteiger partial charge in [0.1, 0.15) is 5.75 Å². The Labute approximate surface area is 129 Å². The summed E-state index contributed by atoms with van der Waals surface area (Å²) in [6.07, 6.45) is 0. The maximum Gasteiger partial charge on any atom is 0.189 e. The molecule has 21 heavy (non-hydrogen) atoms. The van der Waals surface area contributed by atoms with E-state index in [0.29, 0.717) is 10.6 Å². The summed E-state index contributed by atoms with van der Waals surface area (Å²) in [5.41, 5.74) is 0.236. The lowest BCUT2D eigenvalue weighted by Crippen LogP contribution is -2.24. The van der Waals surface area contributed by atoms with Crippen LogP contribution in [0.15, 0.2) is 24.3 Å². The first-order valence-electron chi connectivity index (χ1n) is 6.40. The van der Waals surface area contributed by atoms with Gasteiger partial charge in [0.25, 0.3) is 0 Å². The zero-order valence-electron chi connectivity index (χ0n) is 12.1. The Bertz CT molecular complexity index is 735. The van der Waals surface area contributed by atoms with E-state index >= 15 is 0 Å². The number of aromatic nitrogens is 4. The second kappa shape index (κ2) is 5.73. The third kappa shape index (κ3) is 4.25. The predicted molar refractivity (Wildman–Crippen MR) is 80.6 cm³/mol. The molecule has 0 unspecified atom stereocenters. The molecule has 114 valence electrons. The molecule has 8 heteroatoms. The van der Waals surface area contributed by atoms with Gasteiger partial charge in [-0.05, 0) is 37.6 Å². The normalized spacial score (nSPS) is 12.6. The summed E-state index contributed by atoms with van der Waals surface area (Å²) < 4.78 is 24.4. The number of nitrogens with zero attached hydrogens (tertiary/aromatic N) is 4. The first-order valence-corrected chi connectivity index (χ1v) is 8.60. The van der Waals surface area contributed by atoms with Crippen LogP contribution in [0.1, 0.15) is 32.2 Å². The van der Waals surface area contributed by atoms with Crippen LogP contribution in [0, 0.1) is 0 Å². The molecule has 0 atom stereocenters. The molecule has 0 fully saturated rings. The Balaban J connectivity index is 2.15. The van der Waals surface area contributed by atoms with Crippen LogP contribution in [-0.4, -0.2) is 28.6 Å². The maximum absolute atomic E-state index is 12.2. The van der Waals surface area contributed by atoms with E-state index in [1.165, 1.54) is 4.80 Å². The van der Waals surface area contributed by atoms with Crippen LogP contribution >= 0.6 is 11.6 Å². The summed E-state index contributed by atoms with van der Waals surface area (Å²) in [5.74, 6) is -0.206. The SMILES string of the molecule is CC(C)(C)n1nnc(CS(=O)(=O)Cc2ccccc2Cl)n1. The monoisotopic (exact) mass is 328 g/mol. The van der Waals surface area contributed by atoms with E-state index in [0.717, 1.165) is 0 Å². The van der Waals surface area contributed by atoms with E-state index in [-0.39, 0.29) is 22.9 Å². The van der Waals surface area contributed by atoms with Crippen LogP contribution in [-0.2, 0) is 26.9 Å². The summed E-state index contributed by atoms with van der Waals surface area (Å²) in [7, 11) is -3.41. The van der Waals surface area contributed by atoms with E-state index in [4.69, 9.17) is 11.6 Å². The van der Waals surface area contributed by atoms with Crippen molar-refractivity contribution in [1.29, 1.82) is 0 Å². The maximum atomic E-state index is 12.2. The Kier molecular flexibility index (Phi) is 4.34. The summed E-state index contributed by atoms with van der Waals surface area (Å²) in [5, 5.41) is 12.2. The largest absolute Gasteiger partial charge is 0.228 e. The highest BCUT2D eigenvalue weighted by atomic mass is 35.5. The van der Waals surface area contributed by atoms with Crippen molar-refractivity contribution >= 4 is 21.4 Å². The van der Waals surface area contributed by atoms with Crippen LogP contribution in [0.2, 0.25) is 5.02 Å². The summed E-state index contributed by atoms with van der Waals surface area (Å²) in [4.78, 5) is 1.41. The third-order valence-corrected chi connectivity index (χ3v) is 4.55. The molecular formula is C13H17ClN4O2S. The molecule has 0 amide bonds. The fraction of sp³-hybridized carbons (Fsp3) is 0.462. The van der Waals surface area contributed by atoms with Crippen LogP contribution in [0.25, 0.3) is 0 Å². The molecule has 0 saturated heterocycles. The number of tetrazole rings is 1. The lowest BCUT2D eigenvalue weighted by molar-refractivity contribution is 0.305. The first kappa shape index (κ1) is 15.9. The number of halogens is 1. The molecule has 0 aliphatic heterocycles. The minimum Gasteiger partial charge on any atom is -0.228 e. The molecule has 0 radical (unpaired) electrons. The number of sulfone groups is 1. The van der Waals surface area contributed by atoms with Gasteiger partial charge < -0.3 is 0 Å². The average Bonchev–Trinajstić information content (AvgIpc) is 2.79. The first-order chi connectivity index (χ1) is 9.67. The molecule has 6 nitrogen and oxygen atoms in total. The van der Waals surface area contributed by atoms with Gasteiger partial charge in [-0.2, -0.15) is 4.80 Å². The molecule has 0 N–H and O–H groups in total. The second-order valence-electron chi connectivity index (χ2n) is 5.79. The zero-order valence-corrected chi connectivity index (χ0v) is 13.7. The third-order valence-electron chi connectivity index (χ3n) is 2.74. The van der Waals surface area contributed by atoms with Crippen LogP contribution in [0.4, 0.5) is 0 Å². The van der Waals surface area contributed by atoms with Crippen molar-refractivity contribution < 1.29 is 8.42 Å². The van der Waals surface area contributed by atoms with Gasteiger partial charge in [0.05, 0.1) is 11.3 Å². The topological polar surface area (TPSA) is 77.7 Å². The minimum atomic E-state index is -3.41. The molecule has 0 spiro atoms. The quantitative estimate of drug-likeness (QED) is 0.859. The Hall–Kier alpha value is -1.47. The Morgan fingerprint density at radius 2 is 1.86 bits per heavy atom. The van der Waals surface area contributed by atoms with Crippen LogP contribution in [0.3, 0.4) is 0 Å². The van der Waals surface area contributed by atoms with Crippen molar-refractivity contribution in [2.45, 2.75) is 37.8 Å². The number of rotatable bonds is 4. The average molecular weight is 329 g/mol. The lowest BCUT2D eigenvalue weighted by Gasteiger charge is -2.15. The van der Waals surface area contributed by atoms with Gasteiger partial charge in [-0.25, -0.2) is 8.42 Å². The van der Waals surface area contributed by atoms with E-state index in [2.05, 4.69) is 15.4 Å². The fourth-order valence-corrected chi connectivity index (χ4v) is 3.30. The van der Waals surface area contributed by atoms with Gasteiger partial charge in [0, 0.05) is 5.02 Å². The molecular weight excluding hydrogens is 312 g/mol. The molecule has 0 saturated carbocycles.